The van der Waals surface area contributed by atoms with Crippen LogP contribution >= 0.6 is 0 Å². The van der Waals surface area contributed by atoms with Crippen LogP contribution in [0.5, 0.6) is 0 Å². The molecule has 0 aromatic rings. The zero-order chi connectivity index (χ0) is 10.9. The van der Waals surface area contributed by atoms with Crippen molar-refractivity contribution in [3.8, 4) is 0 Å². The lowest BCUT2D eigenvalue weighted by molar-refractivity contribution is -0.145. The van der Waals surface area contributed by atoms with E-state index in [1.165, 1.54) is 0 Å². The monoisotopic (exact) mass is 199 g/mol. The van der Waals surface area contributed by atoms with Crippen molar-refractivity contribution in [2.24, 2.45) is 11.8 Å². The van der Waals surface area contributed by atoms with Crippen molar-refractivity contribution >= 4 is 5.91 Å². The van der Waals surface area contributed by atoms with E-state index < -0.39 is 5.60 Å². The molecule has 0 aromatic heterocycles. The van der Waals surface area contributed by atoms with Crippen LogP contribution in [0.15, 0.2) is 0 Å². The number of nitrogens with zero attached hydrogens (tertiary/aromatic N) is 1. The highest BCUT2D eigenvalue weighted by molar-refractivity contribution is 5.77. The minimum Gasteiger partial charge on any atom is -0.390 e. The maximum atomic E-state index is 11.6. The van der Waals surface area contributed by atoms with Crippen molar-refractivity contribution in [1.29, 1.82) is 0 Å². The van der Waals surface area contributed by atoms with Gasteiger partial charge in [-0.25, -0.2) is 0 Å². The van der Waals surface area contributed by atoms with E-state index in [1.807, 2.05) is 32.6 Å². The Labute approximate surface area is 86.1 Å². The quantitative estimate of drug-likeness (QED) is 0.743. The minimum absolute atomic E-state index is 0.223. The minimum atomic E-state index is -0.644. The standard InChI is InChI=1S/C11H21NO2/c1-8(2)5-10(13)12-6-9(7-12)11(3,4)14/h8-9,14H,5-7H2,1-4H3. The number of hydrogen-bond acceptors (Lipinski definition) is 2. The SMILES string of the molecule is CC(C)CC(=O)N1CC(C(C)(C)O)C1. The molecule has 3 nitrogen and oxygen atoms in total. The second-order valence-electron chi connectivity index (χ2n) is 5.25. The molecule has 14 heavy (non-hydrogen) atoms. The van der Waals surface area contributed by atoms with E-state index in [4.69, 9.17) is 0 Å². The summed E-state index contributed by atoms with van der Waals surface area (Å²) in [6, 6.07) is 0. The number of rotatable bonds is 3. The summed E-state index contributed by atoms with van der Waals surface area (Å²) < 4.78 is 0. The summed E-state index contributed by atoms with van der Waals surface area (Å²) >= 11 is 0. The van der Waals surface area contributed by atoms with Crippen molar-refractivity contribution in [2.75, 3.05) is 13.1 Å². The van der Waals surface area contributed by atoms with Gasteiger partial charge in [-0.3, -0.25) is 4.79 Å². The van der Waals surface area contributed by atoms with Gasteiger partial charge in [0.2, 0.25) is 5.91 Å². The fourth-order valence-corrected chi connectivity index (χ4v) is 1.61. The highest BCUT2D eigenvalue weighted by Gasteiger charge is 2.39. The zero-order valence-electron chi connectivity index (χ0n) is 9.58. The molecule has 3 heteroatoms. The van der Waals surface area contributed by atoms with Gasteiger partial charge in [0.15, 0.2) is 0 Å². The maximum Gasteiger partial charge on any atom is 0.222 e. The van der Waals surface area contributed by atoms with Crippen LogP contribution in [-0.2, 0) is 4.79 Å². The highest BCUT2D eigenvalue weighted by atomic mass is 16.3. The van der Waals surface area contributed by atoms with Crippen LogP contribution in [0.4, 0.5) is 0 Å². The molecule has 1 fully saturated rings. The molecule has 1 aliphatic rings. The number of carbonyl (C=O) groups excluding carboxylic acids is 1. The first-order chi connectivity index (χ1) is 6.30. The van der Waals surface area contributed by atoms with Gasteiger partial charge in [-0.1, -0.05) is 13.8 Å². The van der Waals surface area contributed by atoms with Crippen LogP contribution in [0.3, 0.4) is 0 Å². The number of likely N-dealkylation sites (tertiary alicyclic amines) is 1. The Morgan fingerprint density at radius 1 is 1.50 bits per heavy atom. The molecule has 0 saturated carbocycles. The molecule has 0 bridgehead atoms. The topological polar surface area (TPSA) is 40.5 Å². The first-order valence-corrected chi connectivity index (χ1v) is 5.31. The van der Waals surface area contributed by atoms with Crippen LogP contribution < -0.4 is 0 Å². The summed E-state index contributed by atoms with van der Waals surface area (Å²) in [7, 11) is 0. The summed E-state index contributed by atoms with van der Waals surface area (Å²) in [6.45, 7) is 9.14. The largest absolute Gasteiger partial charge is 0.390 e. The molecular weight excluding hydrogens is 178 g/mol. The molecule has 1 N–H and O–H groups in total. The van der Waals surface area contributed by atoms with E-state index in [-0.39, 0.29) is 11.8 Å². The lowest BCUT2D eigenvalue weighted by Gasteiger charge is -2.45. The van der Waals surface area contributed by atoms with E-state index in [0.717, 1.165) is 13.1 Å². The molecule has 0 spiro atoms. The number of carbonyl (C=O) groups is 1. The second kappa shape index (κ2) is 3.89. The Balaban J connectivity index is 2.31. The first-order valence-electron chi connectivity index (χ1n) is 5.31. The Kier molecular flexibility index (Phi) is 3.20. The molecule has 1 saturated heterocycles. The van der Waals surface area contributed by atoms with Gasteiger partial charge in [0, 0.05) is 25.4 Å². The molecule has 1 amide bonds. The summed E-state index contributed by atoms with van der Waals surface area (Å²) in [5.41, 5.74) is -0.644. The Bertz CT molecular complexity index is 212. The van der Waals surface area contributed by atoms with Gasteiger partial charge in [0.05, 0.1) is 5.60 Å². The molecule has 1 rings (SSSR count). The van der Waals surface area contributed by atoms with Crippen LogP contribution in [0, 0.1) is 11.8 Å². The normalized spacial score (nSPS) is 18.6. The lowest BCUT2D eigenvalue weighted by Crippen LogP contribution is -2.57. The van der Waals surface area contributed by atoms with Gasteiger partial charge in [-0.15, -0.1) is 0 Å². The Morgan fingerprint density at radius 3 is 2.36 bits per heavy atom. The first kappa shape index (κ1) is 11.5. The van der Waals surface area contributed by atoms with E-state index in [9.17, 15) is 9.90 Å². The second-order valence-corrected chi connectivity index (χ2v) is 5.25. The fourth-order valence-electron chi connectivity index (χ4n) is 1.61. The van der Waals surface area contributed by atoms with Gasteiger partial charge in [-0.05, 0) is 19.8 Å². The van der Waals surface area contributed by atoms with Gasteiger partial charge < -0.3 is 10.0 Å². The smallest absolute Gasteiger partial charge is 0.222 e. The van der Waals surface area contributed by atoms with Crippen molar-refractivity contribution in [3.63, 3.8) is 0 Å². The zero-order valence-corrected chi connectivity index (χ0v) is 9.58. The Hall–Kier alpha value is -0.570. The molecule has 0 radical (unpaired) electrons. The van der Waals surface area contributed by atoms with E-state index in [2.05, 4.69) is 0 Å². The average molecular weight is 199 g/mol. The summed E-state index contributed by atoms with van der Waals surface area (Å²) in [5.74, 6) is 0.891. The van der Waals surface area contributed by atoms with Gasteiger partial charge in [0.1, 0.15) is 0 Å². The molecule has 1 heterocycles. The fraction of sp³-hybridized carbons (Fsp3) is 0.909. The molecule has 0 aromatic carbocycles. The molecule has 0 unspecified atom stereocenters. The van der Waals surface area contributed by atoms with Crippen molar-refractivity contribution in [1.82, 2.24) is 4.90 Å². The third-order valence-electron chi connectivity index (χ3n) is 2.82. The van der Waals surface area contributed by atoms with Crippen LogP contribution in [-0.4, -0.2) is 34.6 Å². The average Bonchev–Trinajstić information content (AvgIpc) is 1.75. The number of amides is 1. The number of aliphatic hydroxyl groups is 1. The molecule has 1 aliphatic heterocycles. The van der Waals surface area contributed by atoms with Crippen LogP contribution in [0.25, 0.3) is 0 Å². The highest BCUT2D eigenvalue weighted by Crippen LogP contribution is 2.27. The van der Waals surface area contributed by atoms with Gasteiger partial charge in [0.25, 0.3) is 0 Å². The van der Waals surface area contributed by atoms with Crippen molar-refractivity contribution in [3.05, 3.63) is 0 Å². The lowest BCUT2D eigenvalue weighted by atomic mass is 9.84. The van der Waals surface area contributed by atoms with Crippen LogP contribution in [0.2, 0.25) is 0 Å². The molecule has 0 atom stereocenters. The van der Waals surface area contributed by atoms with Crippen molar-refractivity contribution in [2.45, 2.75) is 39.7 Å². The van der Waals surface area contributed by atoms with Gasteiger partial charge >= 0.3 is 0 Å². The van der Waals surface area contributed by atoms with E-state index in [1.54, 1.807) is 0 Å². The van der Waals surface area contributed by atoms with Crippen LogP contribution in [0.1, 0.15) is 34.1 Å². The molecular formula is C11H21NO2. The third kappa shape index (κ3) is 2.71. The molecule has 0 aliphatic carbocycles. The van der Waals surface area contributed by atoms with Crippen molar-refractivity contribution < 1.29 is 9.90 Å². The predicted octanol–water partition coefficient (Wildman–Crippen LogP) is 1.26. The van der Waals surface area contributed by atoms with E-state index >= 15 is 0 Å². The van der Waals surface area contributed by atoms with Gasteiger partial charge in [-0.2, -0.15) is 0 Å². The third-order valence-corrected chi connectivity index (χ3v) is 2.82. The number of hydrogen-bond donors (Lipinski definition) is 1. The molecule has 82 valence electrons. The summed E-state index contributed by atoms with van der Waals surface area (Å²) in [5, 5.41) is 9.68. The summed E-state index contributed by atoms with van der Waals surface area (Å²) in [4.78, 5) is 13.4. The Morgan fingerprint density at radius 2 is 2.00 bits per heavy atom. The maximum absolute atomic E-state index is 11.6. The summed E-state index contributed by atoms with van der Waals surface area (Å²) in [6.07, 6.45) is 0.624. The van der Waals surface area contributed by atoms with E-state index in [0.29, 0.717) is 12.3 Å². The predicted molar refractivity (Wildman–Crippen MR) is 55.8 cm³/mol.